The zero-order chi connectivity index (χ0) is 17.7. The van der Waals surface area contributed by atoms with Gasteiger partial charge in [-0.3, -0.25) is 4.79 Å². The number of rotatable bonds is 6. The van der Waals surface area contributed by atoms with Gasteiger partial charge in [-0.1, -0.05) is 11.6 Å². The largest absolute Gasteiger partial charge is 0.325 e. The van der Waals surface area contributed by atoms with Crippen LogP contribution in [0, 0.1) is 0 Å². The minimum absolute atomic E-state index is 0.155. The van der Waals surface area contributed by atoms with Crippen molar-refractivity contribution >= 4 is 45.0 Å². The Morgan fingerprint density at radius 3 is 2.25 bits per heavy atom. The molecule has 8 heteroatoms. The Morgan fingerprint density at radius 1 is 1.12 bits per heavy atom. The van der Waals surface area contributed by atoms with Gasteiger partial charge in [-0.2, -0.15) is 4.31 Å². The van der Waals surface area contributed by atoms with Crippen molar-refractivity contribution in [2.24, 2.45) is 0 Å². The molecule has 0 aliphatic rings. The van der Waals surface area contributed by atoms with Gasteiger partial charge in [-0.15, -0.1) is 11.8 Å². The van der Waals surface area contributed by atoms with E-state index in [9.17, 15) is 13.2 Å². The summed E-state index contributed by atoms with van der Waals surface area (Å²) in [6.07, 6.45) is 1.91. The molecule has 128 valence electrons. The maximum absolute atomic E-state index is 12.5. The van der Waals surface area contributed by atoms with Crippen LogP contribution >= 0.6 is 23.4 Å². The molecule has 0 fully saturated rings. The van der Waals surface area contributed by atoms with Crippen LogP contribution in [0.2, 0.25) is 5.02 Å². The fraction of sp³-hybridized carbons (Fsp3) is 0.188. The molecule has 0 saturated heterocycles. The molecular formula is C16H17ClN2O3S2. The Balaban J connectivity index is 2.05. The summed E-state index contributed by atoms with van der Waals surface area (Å²) in [4.78, 5) is 13.2. The van der Waals surface area contributed by atoms with E-state index in [4.69, 9.17) is 11.6 Å². The fourth-order valence-electron chi connectivity index (χ4n) is 1.95. The van der Waals surface area contributed by atoms with Gasteiger partial charge in [0, 0.05) is 22.7 Å². The van der Waals surface area contributed by atoms with Crippen molar-refractivity contribution in [3.8, 4) is 0 Å². The van der Waals surface area contributed by atoms with Crippen molar-refractivity contribution in [2.75, 3.05) is 25.2 Å². The lowest BCUT2D eigenvalue weighted by Crippen LogP contribution is -2.34. The highest BCUT2D eigenvalue weighted by Gasteiger charge is 2.22. The summed E-state index contributed by atoms with van der Waals surface area (Å²) in [6.45, 7) is -0.283. The quantitative estimate of drug-likeness (QED) is 0.776. The van der Waals surface area contributed by atoms with Crippen LogP contribution in [-0.2, 0) is 14.8 Å². The van der Waals surface area contributed by atoms with Crippen molar-refractivity contribution in [1.29, 1.82) is 0 Å². The number of benzene rings is 2. The Labute approximate surface area is 151 Å². The van der Waals surface area contributed by atoms with Gasteiger partial charge in [0.1, 0.15) is 0 Å². The van der Waals surface area contributed by atoms with Crippen LogP contribution in [0.3, 0.4) is 0 Å². The molecule has 5 nitrogen and oxygen atoms in total. The number of sulfonamides is 1. The van der Waals surface area contributed by atoms with E-state index in [-0.39, 0.29) is 11.4 Å². The highest BCUT2D eigenvalue weighted by molar-refractivity contribution is 7.98. The summed E-state index contributed by atoms with van der Waals surface area (Å²) in [5.41, 5.74) is 0.555. The second kappa shape index (κ2) is 8.02. The van der Waals surface area contributed by atoms with Crippen LogP contribution in [0.5, 0.6) is 0 Å². The smallest absolute Gasteiger partial charge is 0.243 e. The molecule has 0 atom stereocenters. The average Bonchev–Trinajstić information content (AvgIpc) is 2.57. The molecule has 0 heterocycles. The lowest BCUT2D eigenvalue weighted by atomic mass is 10.3. The molecular weight excluding hydrogens is 368 g/mol. The summed E-state index contributed by atoms with van der Waals surface area (Å²) in [7, 11) is -2.34. The number of halogens is 1. The predicted molar refractivity (Wildman–Crippen MR) is 98.1 cm³/mol. The highest BCUT2D eigenvalue weighted by atomic mass is 35.5. The maximum atomic E-state index is 12.5. The molecule has 0 saturated carbocycles. The predicted octanol–water partition coefficient (Wildman–Crippen LogP) is 3.32. The minimum atomic E-state index is -3.72. The zero-order valence-corrected chi connectivity index (χ0v) is 15.6. The number of likely N-dealkylation sites (N-methyl/N-ethyl adjacent to an activating group) is 1. The second-order valence-electron chi connectivity index (χ2n) is 4.99. The van der Waals surface area contributed by atoms with Crippen molar-refractivity contribution < 1.29 is 13.2 Å². The van der Waals surface area contributed by atoms with Gasteiger partial charge in [0.25, 0.3) is 0 Å². The molecule has 0 spiro atoms. The molecule has 1 N–H and O–H groups in total. The van der Waals surface area contributed by atoms with Crippen LogP contribution in [0.1, 0.15) is 0 Å². The number of nitrogens with zero attached hydrogens (tertiary/aromatic N) is 1. The summed E-state index contributed by atoms with van der Waals surface area (Å²) in [5, 5.41) is 3.19. The van der Waals surface area contributed by atoms with Gasteiger partial charge >= 0.3 is 0 Å². The number of carbonyl (C=O) groups is 1. The van der Waals surface area contributed by atoms with E-state index >= 15 is 0 Å². The Bertz CT molecular complexity index is 806. The third kappa shape index (κ3) is 4.73. The van der Waals surface area contributed by atoms with E-state index in [0.717, 1.165) is 9.20 Å². The van der Waals surface area contributed by atoms with Crippen LogP contribution < -0.4 is 5.32 Å². The third-order valence-electron chi connectivity index (χ3n) is 3.26. The van der Waals surface area contributed by atoms with Crippen molar-refractivity contribution in [3.05, 3.63) is 53.6 Å². The van der Waals surface area contributed by atoms with Crippen LogP contribution in [0.25, 0.3) is 0 Å². The standard InChI is InChI=1S/C16H17ClN2O3S2/c1-19(11-16(20)18-13-5-3-12(17)4-6-13)24(21,22)15-9-7-14(23-2)8-10-15/h3-10H,11H2,1-2H3,(H,18,20). The minimum Gasteiger partial charge on any atom is -0.325 e. The van der Waals surface area contributed by atoms with Crippen LogP contribution in [-0.4, -0.2) is 38.5 Å². The molecule has 0 unspecified atom stereocenters. The normalized spacial score (nSPS) is 11.5. The molecule has 0 radical (unpaired) electrons. The third-order valence-corrected chi connectivity index (χ3v) is 6.08. The molecule has 2 aromatic rings. The number of hydrogen-bond donors (Lipinski definition) is 1. The van der Waals surface area contributed by atoms with Gasteiger partial charge in [0.15, 0.2) is 0 Å². The van der Waals surface area contributed by atoms with Gasteiger partial charge in [-0.25, -0.2) is 8.42 Å². The number of carbonyl (C=O) groups excluding carboxylic acids is 1. The number of nitrogens with one attached hydrogen (secondary N) is 1. The van der Waals surface area contributed by atoms with Gasteiger partial charge in [-0.05, 0) is 54.8 Å². The average molecular weight is 385 g/mol. The molecule has 24 heavy (non-hydrogen) atoms. The Morgan fingerprint density at radius 2 is 1.71 bits per heavy atom. The first kappa shape index (κ1) is 18.8. The summed E-state index contributed by atoms with van der Waals surface area (Å²) in [6, 6.07) is 13.1. The Kier molecular flexibility index (Phi) is 6.28. The topological polar surface area (TPSA) is 66.5 Å². The monoisotopic (exact) mass is 384 g/mol. The van der Waals surface area contributed by atoms with Crippen LogP contribution in [0.15, 0.2) is 58.3 Å². The first-order chi connectivity index (χ1) is 11.3. The summed E-state index contributed by atoms with van der Waals surface area (Å²) in [5.74, 6) is -0.427. The maximum Gasteiger partial charge on any atom is 0.243 e. The zero-order valence-electron chi connectivity index (χ0n) is 13.2. The van der Waals surface area contributed by atoms with E-state index in [1.54, 1.807) is 36.4 Å². The number of hydrogen-bond acceptors (Lipinski definition) is 4. The molecule has 0 bridgehead atoms. The van der Waals surface area contributed by atoms with E-state index < -0.39 is 15.9 Å². The molecule has 0 aromatic heterocycles. The van der Waals surface area contributed by atoms with E-state index in [1.165, 1.54) is 30.9 Å². The van der Waals surface area contributed by atoms with Gasteiger partial charge in [0.05, 0.1) is 11.4 Å². The first-order valence-corrected chi connectivity index (χ1v) is 10.0. The van der Waals surface area contributed by atoms with Crippen molar-refractivity contribution in [2.45, 2.75) is 9.79 Å². The van der Waals surface area contributed by atoms with Gasteiger partial charge in [0.2, 0.25) is 15.9 Å². The Hall–Kier alpha value is -1.54. The summed E-state index contributed by atoms with van der Waals surface area (Å²) < 4.78 is 26.0. The number of amides is 1. The van der Waals surface area contributed by atoms with Gasteiger partial charge < -0.3 is 5.32 Å². The highest BCUT2D eigenvalue weighted by Crippen LogP contribution is 2.20. The molecule has 0 aliphatic carbocycles. The molecule has 1 amide bonds. The van der Waals surface area contributed by atoms with Crippen molar-refractivity contribution in [3.63, 3.8) is 0 Å². The van der Waals surface area contributed by atoms with E-state index in [2.05, 4.69) is 5.32 Å². The van der Waals surface area contributed by atoms with Crippen LogP contribution in [0.4, 0.5) is 5.69 Å². The van der Waals surface area contributed by atoms with E-state index in [1.807, 2.05) is 6.26 Å². The van der Waals surface area contributed by atoms with Crippen molar-refractivity contribution in [1.82, 2.24) is 4.31 Å². The number of thioether (sulfide) groups is 1. The molecule has 2 aromatic carbocycles. The lowest BCUT2D eigenvalue weighted by molar-refractivity contribution is -0.116. The van der Waals surface area contributed by atoms with E-state index in [0.29, 0.717) is 10.7 Å². The SMILES string of the molecule is CSc1ccc(S(=O)(=O)N(C)CC(=O)Nc2ccc(Cl)cc2)cc1. The molecule has 0 aliphatic heterocycles. The second-order valence-corrected chi connectivity index (χ2v) is 8.35. The molecule has 2 rings (SSSR count). The first-order valence-electron chi connectivity index (χ1n) is 6.99. The fourth-order valence-corrected chi connectivity index (χ4v) is 3.61. The number of anilines is 1. The lowest BCUT2D eigenvalue weighted by Gasteiger charge is -2.17. The summed E-state index contributed by atoms with van der Waals surface area (Å²) >= 11 is 7.31.